The number of thiazole rings is 1. The molecule has 2 heterocycles. The molecule has 4 nitrogen and oxygen atoms in total. The monoisotopic (exact) mass is 329 g/mol. The summed E-state index contributed by atoms with van der Waals surface area (Å²) in [5, 5.41) is 10.6. The van der Waals surface area contributed by atoms with Crippen LogP contribution in [0.2, 0.25) is 0 Å². The first-order valence-electron chi connectivity index (χ1n) is 6.75. The van der Waals surface area contributed by atoms with Crippen LogP contribution in [0.15, 0.2) is 41.9 Å². The molecule has 3 rings (SSSR count). The minimum atomic E-state index is 0.791. The molecular weight excluding hydrogens is 314 g/mol. The number of nitrogens with zero attached hydrogens (tertiary/aromatic N) is 3. The first-order valence-corrected chi connectivity index (χ1v) is 8.55. The van der Waals surface area contributed by atoms with Gasteiger partial charge in [-0.15, -0.1) is 28.1 Å². The Hall–Kier alpha value is -1.92. The summed E-state index contributed by atoms with van der Waals surface area (Å²) in [5.41, 5.74) is 2.75. The zero-order chi connectivity index (χ0) is 15.5. The Morgan fingerprint density at radius 3 is 3.00 bits per heavy atom. The van der Waals surface area contributed by atoms with Crippen molar-refractivity contribution in [2.24, 2.45) is 0 Å². The molecule has 0 unspecified atom stereocenters. The average Bonchev–Trinajstić information content (AvgIpc) is 2.94. The van der Waals surface area contributed by atoms with E-state index < -0.39 is 0 Å². The van der Waals surface area contributed by atoms with Crippen molar-refractivity contribution in [3.63, 3.8) is 0 Å². The molecule has 0 bridgehead atoms. The lowest BCUT2D eigenvalue weighted by molar-refractivity contribution is 0.415. The van der Waals surface area contributed by atoms with E-state index in [2.05, 4.69) is 21.8 Å². The minimum absolute atomic E-state index is 0.791. The van der Waals surface area contributed by atoms with Crippen LogP contribution in [0.5, 0.6) is 5.75 Å². The van der Waals surface area contributed by atoms with E-state index in [9.17, 15) is 0 Å². The molecule has 0 saturated heterocycles. The maximum atomic E-state index is 5.29. The molecule has 0 aliphatic carbocycles. The molecule has 3 aromatic rings. The van der Waals surface area contributed by atoms with E-state index in [1.54, 1.807) is 30.2 Å². The Morgan fingerprint density at radius 1 is 1.36 bits per heavy atom. The van der Waals surface area contributed by atoms with Crippen LogP contribution in [0.1, 0.15) is 5.01 Å². The second-order valence-electron chi connectivity index (χ2n) is 4.60. The highest BCUT2D eigenvalue weighted by Gasteiger charge is 2.15. The fraction of sp³-hybridized carbons (Fsp3) is 0.188. The van der Waals surface area contributed by atoms with Gasteiger partial charge in [0.25, 0.3) is 0 Å². The molecule has 1 aromatic carbocycles. The molecule has 112 valence electrons. The van der Waals surface area contributed by atoms with Gasteiger partial charge in [-0.3, -0.25) is 0 Å². The summed E-state index contributed by atoms with van der Waals surface area (Å²) in [7, 11) is 1.66. The first-order chi connectivity index (χ1) is 10.7. The van der Waals surface area contributed by atoms with Gasteiger partial charge in [-0.05, 0) is 19.1 Å². The van der Waals surface area contributed by atoms with Crippen LogP contribution in [0, 0.1) is 6.92 Å². The number of thioether (sulfide) groups is 1. The molecule has 0 N–H and O–H groups in total. The van der Waals surface area contributed by atoms with Gasteiger partial charge >= 0.3 is 0 Å². The summed E-state index contributed by atoms with van der Waals surface area (Å²) < 4.78 is 6.36. The molecule has 0 atom stereocenters. The van der Waals surface area contributed by atoms with E-state index in [0.29, 0.717) is 0 Å². The number of rotatable bonds is 5. The van der Waals surface area contributed by atoms with Gasteiger partial charge in [0, 0.05) is 11.3 Å². The highest BCUT2D eigenvalue weighted by atomic mass is 32.2. The van der Waals surface area contributed by atoms with Crippen molar-refractivity contribution >= 4 is 33.3 Å². The topological polar surface area (TPSA) is 47.9 Å². The summed E-state index contributed by atoms with van der Waals surface area (Å²) in [6.45, 7) is 5.75. The number of fused-ring (bicyclic) bond motifs is 1. The third-order valence-corrected chi connectivity index (χ3v) is 5.00. The summed E-state index contributed by atoms with van der Waals surface area (Å²) in [6, 6.07) is 7.85. The number of aromatic nitrogens is 3. The normalized spacial score (nSPS) is 10.8. The fourth-order valence-corrected chi connectivity index (χ4v) is 3.76. The largest absolute Gasteiger partial charge is 0.497 e. The smallest absolute Gasteiger partial charge is 0.146 e. The van der Waals surface area contributed by atoms with Crippen LogP contribution in [-0.4, -0.2) is 28.0 Å². The second-order valence-corrected chi connectivity index (χ2v) is 6.81. The van der Waals surface area contributed by atoms with E-state index in [0.717, 1.165) is 43.0 Å². The van der Waals surface area contributed by atoms with Gasteiger partial charge in [0.15, 0.2) is 0 Å². The number of benzene rings is 1. The van der Waals surface area contributed by atoms with Crippen LogP contribution in [0.3, 0.4) is 0 Å². The van der Waals surface area contributed by atoms with E-state index >= 15 is 0 Å². The van der Waals surface area contributed by atoms with Gasteiger partial charge in [-0.1, -0.05) is 30.0 Å². The van der Waals surface area contributed by atoms with Crippen molar-refractivity contribution in [2.75, 3.05) is 12.9 Å². The molecule has 0 radical (unpaired) electrons. The summed E-state index contributed by atoms with van der Waals surface area (Å²) in [5.74, 6) is 1.59. The van der Waals surface area contributed by atoms with Crippen LogP contribution < -0.4 is 4.74 Å². The van der Waals surface area contributed by atoms with Crippen molar-refractivity contribution in [1.82, 2.24) is 15.2 Å². The Morgan fingerprint density at radius 2 is 2.23 bits per heavy atom. The lowest BCUT2D eigenvalue weighted by Gasteiger charge is -2.06. The molecular formula is C16H15N3OS2. The van der Waals surface area contributed by atoms with Crippen molar-refractivity contribution in [3.8, 4) is 17.0 Å². The Bertz CT molecular complexity index is 829. The van der Waals surface area contributed by atoms with E-state index in [1.165, 1.54) is 0 Å². The number of methoxy groups -OCH3 is 1. The standard InChI is InChI=1S/C16H15N3OS2/c1-4-8-21-16-14-15(22-10(2)17-14)13(18-19-16)11-6-5-7-12(9-11)20-3/h4-7,9H,1,8H2,2-3H3. The predicted octanol–water partition coefficient (Wildman–Crippen LogP) is 4.35. The average molecular weight is 329 g/mol. The van der Waals surface area contributed by atoms with Crippen LogP contribution >= 0.6 is 23.1 Å². The van der Waals surface area contributed by atoms with Gasteiger partial charge < -0.3 is 4.74 Å². The molecule has 22 heavy (non-hydrogen) atoms. The molecule has 0 fully saturated rings. The van der Waals surface area contributed by atoms with Gasteiger partial charge in [0.05, 0.1) is 16.8 Å². The van der Waals surface area contributed by atoms with E-state index in [4.69, 9.17) is 4.74 Å². The lowest BCUT2D eigenvalue weighted by atomic mass is 10.1. The number of hydrogen-bond donors (Lipinski definition) is 0. The number of ether oxygens (including phenoxy) is 1. The van der Waals surface area contributed by atoms with E-state index in [1.807, 2.05) is 37.3 Å². The zero-order valence-electron chi connectivity index (χ0n) is 12.4. The Balaban J connectivity index is 2.16. The quantitative estimate of drug-likeness (QED) is 0.514. The molecule has 2 aromatic heterocycles. The highest BCUT2D eigenvalue weighted by molar-refractivity contribution is 7.99. The van der Waals surface area contributed by atoms with Crippen LogP contribution in [0.4, 0.5) is 0 Å². The number of hydrogen-bond acceptors (Lipinski definition) is 6. The van der Waals surface area contributed by atoms with Gasteiger partial charge in [-0.25, -0.2) is 4.98 Å². The van der Waals surface area contributed by atoms with Crippen molar-refractivity contribution in [1.29, 1.82) is 0 Å². The summed E-state index contributed by atoms with van der Waals surface area (Å²) >= 11 is 3.24. The maximum absolute atomic E-state index is 5.29. The first kappa shape index (κ1) is 15.0. The molecule has 0 aliphatic heterocycles. The van der Waals surface area contributed by atoms with Crippen LogP contribution in [0.25, 0.3) is 21.5 Å². The summed E-state index contributed by atoms with van der Waals surface area (Å²) in [6.07, 6.45) is 1.85. The molecule has 0 amide bonds. The SMILES string of the molecule is C=CCSc1nnc(-c2cccc(OC)c2)c2sc(C)nc12. The van der Waals surface area contributed by atoms with Gasteiger partial charge in [0.2, 0.25) is 0 Å². The Kier molecular flexibility index (Phi) is 4.40. The van der Waals surface area contributed by atoms with E-state index in [-0.39, 0.29) is 0 Å². The third kappa shape index (κ3) is 2.84. The molecule has 6 heteroatoms. The maximum Gasteiger partial charge on any atom is 0.146 e. The van der Waals surface area contributed by atoms with Crippen molar-refractivity contribution < 1.29 is 4.74 Å². The second kappa shape index (κ2) is 6.46. The highest BCUT2D eigenvalue weighted by Crippen LogP contribution is 2.36. The van der Waals surface area contributed by atoms with Crippen molar-refractivity contribution in [3.05, 3.63) is 41.9 Å². The Labute approximate surface area is 137 Å². The predicted molar refractivity (Wildman–Crippen MR) is 92.9 cm³/mol. The minimum Gasteiger partial charge on any atom is -0.497 e. The van der Waals surface area contributed by atoms with Crippen LogP contribution in [-0.2, 0) is 0 Å². The summed E-state index contributed by atoms with van der Waals surface area (Å²) in [4.78, 5) is 4.62. The molecule has 0 spiro atoms. The lowest BCUT2D eigenvalue weighted by Crippen LogP contribution is -1.93. The molecule has 0 aliphatic rings. The molecule has 0 saturated carbocycles. The third-order valence-electron chi connectivity index (χ3n) is 3.07. The number of aryl methyl sites for hydroxylation is 1. The van der Waals surface area contributed by atoms with Crippen molar-refractivity contribution in [2.45, 2.75) is 11.9 Å². The zero-order valence-corrected chi connectivity index (χ0v) is 14.0. The van der Waals surface area contributed by atoms with Gasteiger partial charge in [0.1, 0.15) is 22.0 Å². The van der Waals surface area contributed by atoms with Gasteiger partial charge in [-0.2, -0.15) is 0 Å². The fourth-order valence-electron chi connectivity index (χ4n) is 2.11.